The zero-order valence-corrected chi connectivity index (χ0v) is 17.1. The lowest BCUT2D eigenvalue weighted by Gasteiger charge is -2.30. The van der Waals surface area contributed by atoms with Crippen molar-refractivity contribution in [3.05, 3.63) is 54.5 Å². The fraction of sp³-hybridized carbons (Fsp3) is 0.348. The van der Waals surface area contributed by atoms with E-state index in [1.807, 2.05) is 41.4 Å². The number of carbonyl (C=O) groups excluding carboxylic acids is 1. The highest BCUT2D eigenvalue weighted by Gasteiger charge is 2.27. The molecule has 1 unspecified atom stereocenters. The van der Waals surface area contributed by atoms with Crippen molar-refractivity contribution in [1.82, 2.24) is 24.6 Å². The van der Waals surface area contributed by atoms with Crippen LogP contribution in [0, 0.1) is 17.2 Å². The fourth-order valence-electron chi connectivity index (χ4n) is 3.64. The van der Waals surface area contributed by atoms with Gasteiger partial charge in [-0.15, -0.1) is 0 Å². The predicted octanol–water partition coefficient (Wildman–Crippen LogP) is 3.79. The predicted molar refractivity (Wildman–Crippen MR) is 115 cm³/mol. The first kappa shape index (κ1) is 19.2. The minimum atomic E-state index is -0.238. The molecule has 1 aliphatic heterocycles. The molecule has 1 amide bonds. The number of amides is 1. The van der Waals surface area contributed by atoms with E-state index < -0.39 is 0 Å². The number of aromatic nitrogens is 4. The van der Waals surface area contributed by atoms with Gasteiger partial charge in [0.2, 0.25) is 5.95 Å². The second-order valence-corrected chi connectivity index (χ2v) is 8.15. The molecule has 2 aromatic heterocycles. The number of hydrogen-bond acceptors (Lipinski definition) is 6. The average molecular weight is 413 g/mol. The monoisotopic (exact) mass is 413 g/mol. The van der Waals surface area contributed by atoms with Gasteiger partial charge in [0.05, 0.1) is 18.0 Å². The Morgan fingerprint density at radius 2 is 2.03 bits per heavy atom. The van der Waals surface area contributed by atoms with Crippen molar-refractivity contribution in [1.29, 1.82) is 5.26 Å². The second-order valence-electron chi connectivity index (χ2n) is 8.15. The Bertz CT molecular complexity index is 1120. The molecule has 1 atom stereocenters. The molecule has 31 heavy (non-hydrogen) atoms. The maximum Gasteiger partial charge on any atom is 0.253 e. The first-order valence-electron chi connectivity index (χ1n) is 10.6. The Morgan fingerprint density at radius 1 is 1.23 bits per heavy atom. The van der Waals surface area contributed by atoms with Gasteiger partial charge in [-0.1, -0.05) is 12.8 Å². The van der Waals surface area contributed by atoms with E-state index in [2.05, 4.69) is 26.5 Å². The molecule has 3 heterocycles. The van der Waals surface area contributed by atoms with Gasteiger partial charge in [-0.25, -0.2) is 9.97 Å². The highest BCUT2D eigenvalue weighted by Crippen LogP contribution is 2.36. The summed E-state index contributed by atoms with van der Waals surface area (Å²) in [6.45, 7) is 1.68. The van der Waals surface area contributed by atoms with Crippen LogP contribution in [0.1, 0.15) is 42.1 Å². The van der Waals surface area contributed by atoms with Crippen LogP contribution in [0.25, 0.3) is 11.3 Å². The first-order valence-corrected chi connectivity index (χ1v) is 10.6. The number of anilines is 2. The number of likely N-dealkylation sites (tertiary alicyclic amines) is 1. The van der Waals surface area contributed by atoms with Crippen LogP contribution in [0.2, 0.25) is 0 Å². The van der Waals surface area contributed by atoms with E-state index >= 15 is 0 Å². The minimum Gasteiger partial charge on any atom is -0.339 e. The van der Waals surface area contributed by atoms with Crippen molar-refractivity contribution in [2.75, 3.05) is 18.4 Å². The molecule has 156 valence electrons. The van der Waals surface area contributed by atoms with Gasteiger partial charge in [0, 0.05) is 42.3 Å². The molecule has 1 aromatic carbocycles. The summed E-state index contributed by atoms with van der Waals surface area (Å²) < 4.78 is 1.73. The highest BCUT2D eigenvalue weighted by molar-refractivity contribution is 5.95. The summed E-state index contributed by atoms with van der Waals surface area (Å²) >= 11 is 0. The molecule has 0 radical (unpaired) electrons. The number of benzene rings is 1. The van der Waals surface area contributed by atoms with Crippen LogP contribution in [-0.2, 0) is 0 Å². The van der Waals surface area contributed by atoms with Crippen LogP contribution in [-0.4, -0.2) is 43.6 Å². The molecule has 1 saturated heterocycles. The molecule has 0 bridgehead atoms. The van der Waals surface area contributed by atoms with Crippen LogP contribution in [0.3, 0.4) is 0 Å². The van der Waals surface area contributed by atoms with E-state index in [1.54, 1.807) is 17.1 Å². The Labute approximate surface area is 180 Å². The van der Waals surface area contributed by atoms with Crippen molar-refractivity contribution in [3.63, 3.8) is 0 Å². The Hall–Kier alpha value is -3.73. The number of hydrogen-bond donors (Lipinski definition) is 1. The standard InChI is InChI=1S/C23H23N7O/c24-13-20(12-16-2-3-16)30-15-18(14-26-30)21-8-9-25-23(28-21)27-19-6-4-17(5-7-19)22(31)29-10-1-11-29/h4-9,14-16,20H,1-3,10-12H2,(H,25,27,28). The molecule has 5 rings (SSSR count). The molecule has 1 saturated carbocycles. The van der Waals surface area contributed by atoms with E-state index in [0.29, 0.717) is 17.4 Å². The molecule has 8 heteroatoms. The molecule has 1 aliphatic carbocycles. The summed E-state index contributed by atoms with van der Waals surface area (Å²) in [5.41, 5.74) is 3.07. The van der Waals surface area contributed by atoms with Crippen molar-refractivity contribution in [2.24, 2.45) is 5.92 Å². The summed E-state index contributed by atoms with van der Waals surface area (Å²) in [4.78, 5) is 23.0. The quantitative estimate of drug-likeness (QED) is 0.632. The number of rotatable bonds is 7. The average Bonchev–Trinajstić information content (AvgIpc) is 3.44. The zero-order chi connectivity index (χ0) is 21.2. The smallest absolute Gasteiger partial charge is 0.253 e. The van der Waals surface area contributed by atoms with E-state index in [0.717, 1.165) is 42.9 Å². The summed E-state index contributed by atoms with van der Waals surface area (Å²) in [6.07, 6.45) is 9.65. The van der Waals surface area contributed by atoms with Gasteiger partial charge in [0.1, 0.15) is 6.04 Å². The maximum absolute atomic E-state index is 12.3. The van der Waals surface area contributed by atoms with Crippen LogP contribution in [0.4, 0.5) is 11.6 Å². The van der Waals surface area contributed by atoms with Gasteiger partial charge >= 0.3 is 0 Å². The number of nitrogens with zero attached hydrogens (tertiary/aromatic N) is 6. The first-order chi connectivity index (χ1) is 15.2. The Kier molecular flexibility index (Phi) is 5.08. The largest absolute Gasteiger partial charge is 0.339 e. The van der Waals surface area contributed by atoms with E-state index in [9.17, 15) is 10.1 Å². The van der Waals surface area contributed by atoms with Gasteiger partial charge in [-0.2, -0.15) is 10.4 Å². The number of nitrogens with one attached hydrogen (secondary N) is 1. The van der Waals surface area contributed by atoms with E-state index in [4.69, 9.17) is 0 Å². The topological polar surface area (TPSA) is 99.7 Å². The Morgan fingerprint density at radius 3 is 2.71 bits per heavy atom. The van der Waals surface area contributed by atoms with Crippen LogP contribution < -0.4 is 5.32 Å². The lowest BCUT2D eigenvalue weighted by molar-refractivity contribution is 0.0652. The molecular weight excluding hydrogens is 390 g/mol. The molecule has 3 aromatic rings. The molecular formula is C23H23N7O. The van der Waals surface area contributed by atoms with Gasteiger partial charge in [-0.05, 0) is 49.1 Å². The fourth-order valence-corrected chi connectivity index (χ4v) is 3.64. The molecule has 2 aliphatic rings. The minimum absolute atomic E-state index is 0.0745. The van der Waals surface area contributed by atoms with E-state index in [1.165, 1.54) is 12.8 Å². The normalized spacial score (nSPS) is 16.3. The van der Waals surface area contributed by atoms with Gasteiger partial charge in [0.15, 0.2) is 0 Å². The van der Waals surface area contributed by atoms with Gasteiger partial charge in [0.25, 0.3) is 5.91 Å². The summed E-state index contributed by atoms with van der Waals surface area (Å²) in [7, 11) is 0. The molecule has 8 nitrogen and oxygen atoms in total. The third-order valence-corrected chi connectivity index (χ3v) is 5.81. The Balaban J connectivity index is 1.28. The number of nitriles is 1. The third kappa shape index (κ3) is 4.26. The van der Waals surface area contributed by atoms with Crippen LogP contribution in [0.5, 0.6) is 0 Å². The van der Waals surface area contributed by atoms with Crippen molar-refractivity contribution in [3.8, 4) is 17.3 Å². The van der Waals surface area contributed by atoms with Crippen LogP contribution in [0.15, 0.2) is 48.9 Å². The third-order valence-electron chi connectivity index (χ3n) is 5.81. The number of carbonyl (C=O) groups is 1. The van der Waals surface area contributed by atoms with Crippen LogP contribution >= 0.6 is 0 Å². The van der Waals surface area contributed by atoms with Crippen molar-refractivity contribution >= 4 is 17.5 Å². The van der Waals surface area contributed by atoms with E-state index in [-0.39, 0.29) is 11.9 Å². The van der Waals surface area contributed by atoms with Gasteiger partial charge < -0.3 is 10.2 Å². The highest BCUT2D eigenvalue weighted by atomic mass is 16.2. The molecule has 0 spiro atoms. The second kappa shape index (κ2) is 8.19. The zero-order valence-electron chi connectivity index (χ0n) is 17.1. The lowest BCUT2D eigenvalue weighted by Crippen LogP contribution is -2.41. The molecule has 2 fully saturated rings. The van der Waals surface area contributed by atoms with Crippen molar-refractivity contribution in [2.45, 2.75) is 31.7 Å². The summed E-state index contributed by atoms with van der Waals surface area (Å²) in [5, 5.41) is 17.0. The SMILES string of the molecule is N#CC(CC1CC1)n1cc(-c2ccnc(Nc3ccc(C(=O)N4CCC4)cc3)n2)cn1. The molecule has 1 N–H and O–H groups in total. The van der Waals surface area contributed by atoms with Gasteiger partial charge in [-0.3, -0.25) is 9.48 Å². The summed E-state index contributed by atoms with van der Waals surface area (Å²) in [5.74, 6) is 1.19. The lowest BCUT2D eigenvalue weighted by atomic mass is 10.1. The summed E-state index contributed by atoms with van der Waals surface area (Å²) in [6, 6.07) is 11.3. The van der Waals surface area contributed by atoms with Crippen molar-refractivity contribution < 1.29 is 4.79 Å². The maximum atomic E-state index is 12.3.